The quantitative estimate of drug-likeness (QED) is 0.152. The molecule has 6 nitrogen and oxygen atoms in total. The summed E-state index contributed by atoms with van der Waals surface area (Å²) in [7, 11) is 5.64. The van der Waals surface area contributed by atoms with Gasteiger partial charge >= 0.3 is 51.4 Å². The first-order chi connectivity index (χ1) is 14.1. The van der Waals surface area contributed by atoms with E-state index in [1.54, 1.807) is 0 Å². The molecule has 0 saturated heterocycles. The zero-order chi connectivity index (χ0) is 24.2. The van der Waals surface area contributed by atoms with Crippen LogP contribution in [-0.4, -0.2) is 59.5 Å². The van der Waals surface area contributed by atoms with Crippen LogP contribution in [0.4, 0.5) is 0 Å². The molecule has 0 radical (unpaired) electrons. The molecule has 0 atom stereocenters. The fraction of sp³-hybridized carbons (Fsp3) is 0.870. The largest absolute Gasteiger partial charge is 1.00 e. The average Bonchev–Trinajstić information content (AvgIpc) is 2.78. The molecular weight excluding hydrogens is 403 g/mol. The molecule has 0 aromatic carbocycles. The van der Waals surface area contributed by atoms with Gasteiger partial charge in [-0.05, 0) is 47.1 Å². The average molecular weight is 461 g/mol. The Morgan fingerprint density at radius 1 is 0.800 bits per heavy atom. The SMILES string of the molecule is CC.CC.CC.CCCCNC(=O)CCCNC.CNCCC=O.[CH2-]CCNC.[K+]. The van der Waals surface area contributed by atoms with Crippen molar-refractivity contribution in [3.05, 3.63) is 6.92 Å². The van der Waals surface area contributed by atoms with E-state index in [0.29, 0.717) is 12.8 Å². The second-order valence-electron chi connectivity index (χ2n) is 4.93. The number of rotatable bonds is 12. The van der Waals surface area contributed by atoms with Gasteiger partial charge in [-0.25, -0.2) is 0 Å². The van der Waals surface area contributed by atoms with Gasteiger partial charge in [0.25, 0.3) is 0 Å². The molecule has 0 aromatic rings. The zero-order valence-corrected chi connectivity index (χ0v) is 25.8. The first kappa shape index (κ1) is 48.2. The molecule has 0 saturated carbocycles. The van der Waals surface area contributed by atoms with Crippen LogP contribution in [0.1, 0.15) is 87.0 Å². The molecule has 4 N–H and O–H groups in total. The maximum atomic E-state index is 11.1. The van der Waals surface area contributed by atoms with Crippen molar-refractivity contribution in [3.8, 4) is 0 Å². The summed E-state index contributed by atoms with van der Waals surface area (Å²) in [5, 5.41) is 11.7. The van der Waals surface area contributed by atoms with E-state index in [1.807, 2.05) is 62.7 Å². The van der Waals surface area contributed by atoms with Crippen molar-refractivity contribution in [2.45, 2.75) is 87.0 Å². The van der Waals surface area contributed by atoms with Gasteiger partial charge in [0.05, 0.1) is 0 Å². The molecule has 182 valence electrons. The van der Waals surface area contributed by atoms with Gasteiger partial charge in [0.2, 0.25) is 5.91 Å². The number of unbranched alkanes of at least 4 members (excludes halogenated alkanes) is 1. The van der Waals surface area contributed by atoms with E-state index in [1.165, 1.54) is 0 Å². The number of aldehydes is 1. The third-order valence-electron chi connectivity index (χ3n) is 2.62. The summed E-state index contributed by atoms with van der Waals surface area (Å²) < 4.78 is 0. The van der Waals surface area contributed by atoms with Crippen LogP contribution in [0.3, 0.4) is 0 Å². The predicted molar refractivity (Wildman–Crippen MR) is 134 cm³/mol. The minimum Gasteiger partial charge on any atom is -0.356 e. The molecule has 7 heteroatoms. The molecule has 30 heavy (non-hydrogen) atoms. The van der Waals surface area contributed by atoms with Crippen molar-refractivity contribution in [1.29, 1.82) is 0 Å². The molecule has 0 fully saturated rings. The van der Waals surface area contributed by atoms with Crippen molar-refractivity contribution in [2.24, 2.45) is 0 Å². The van der Waals surface area contributed by atoms with E-state index in [-0.39, 0.29) is 57.3 Å². The Kier molecular flexibility index (Phi) is 112. The molecule has 0 rings (SSSR count). The number of carbonyl (C=O) groups excluding carboxylic acids is 2. The molecule has 0 aromatic heterocycles. The molecule has 0 spiro atoms. The maximum absolute atomic E-state index is 11.1. The van der Waals surface area contributed by atoms with Gasteiger partial charge in [0.15, 0.2) is 0 Å². The van der Waals surface area contributed by atoms with E-state index in [9.17, 15) is 9.59 Å². The van der Waals surface area contributed by atoms with Crippen LogP contribution in [0, 0.1) is 6.92 Å². The first-order valence-corrected chi connectivity index (χ1v) is 11.6. The van der Waals surface area contributed by atoms with Crippen LogP contribution in [0.5, 0.6) is 0 Å². The summed E-state index contributed by atoms with van der Waals surface area (Å²) in [4.78, 5) is 20.6. The normalized spacial score (nSPS) is 7.57. The Morgan fingerprint density at radius 2 is 1.27 bits per heavy atom. The fourth-order valence-electron chi connectivity index (χ4n) is 1.30. The molecule has 0 bridgehead atoms. The second-order valence-corrected chi connectivity index (χ2v) is 4.93. The molecule has 0 unspecified atom stereocenters. The first-order valence-electron chi connectivity index (χ1n) is 11.6. The molecule has 1 amide bonds. The Labute approximate surface area is 233 Å². The van der Waals surface area contributed by atoms with Crippen LogP contribution in [-0.2, 0) is 9.59 Å². The van der Waals surface area contributed by atoms with Gasteiger partial charge in [-0.3, -0.25) is 4.79 Å². The zero-order valence-electron chi connectivity index (χ0n) is 22.7. The van der Waals surface area contributed by atoms with Gasteiger partial charge in [-0.2, -0.15) is 6.42 Å². The van der Waals surface area contributed by atoms with E-state index < -0.39 is 0 Å². The number of carbonyl (C=O) groups is 2. The summed E-state index contributed by atoms with van der Waals surface area (Å²) in [6.07, 6.45) is 6.29. The summed E-state index contributed by atoms with van der Waals surface area (Å²) in [6.45, 7) is 21.3. The van der Waals surface area contributed by atoms with Gasteiger partial charge in [-0.15, -0.1) is 0 Å². The van der Waals surface area contributed by atoms with Gasteiger partial charge in [-0.1, -0.05) is 54.9 Å². The molecule has 0 heterocycles. The van der Waals surface area contributed by atoms with E-state index in [0.717, 1.165) is 58.1 Å². The van der Waals surface area contributed by atoms with Crippen LogP contribution in [0.25, 0.3) is 0 Å². The van der Waals surface area contributed by atoms with Crippen LogP contribution in [0.2, 0.25) is 0 Å². The van der Waals surface area contributed by atoms with E-state index >= 15 is 0 Å². The molecular formula is C23H57KN4O2. The fourth-order valence-corrected chi connectivity index (χ4v) is 1.30. The van der Waals surface area contributed by atoms with Crippen molar-refractivity contribution in [1.82, 2.24) is 21.3 Å². The Bertz CT molecular complexity index is 221. The Morgan fingerprint density at radius 3 is 1.53 bits per heavy atom. The molecule has 0 aliphatic rings. The summed E-state index contributed by atoms with van der Waals surface area (Å²) in [5.41, 5.74) is 0. The van der Waals surface area contributed by atoms with Gasteiger partial charge in [0.1, 0.15) is 6.29 Å². The molecule has 0 aliphatic carbocycles. The molecule has 0 aliphatic heterocycles. The van der Waals surface area contributed by atoms with Crippen LogP contribution in [0.15, 0.2) is 0 Å². The summed E-state index contributed by atoms with van der Waals surface area (Å²) in [6, 6.07) is 0. The van der Waals surface area contributed by atoms with Gasteiger partial charge in [0, 0.05) is 25.9 Å². The number of hydrogen-bond acceptors (Lipinski definition) is 5. The van der Waals surface area contributed by atoms with Crippen molar-refractivity contribution < 1.29 is 61.0 Å². The van der Waals surface area contributed by atoms with Gasteiger partial charge < -0.3 is 33.0 Å². The third-order valence-corrected chi connectivity index (χ3v) is 2.62. The topological polar surface area (TPSA) is 82.3 Å². The number of amides is 1. The monoisotopic (exact) mass is 460 g/mol. The Balaban J connectivity index is -0.0000000500. The van der Waals surface area contributed by atoms with E-state index in [4.69, 9.17) is 0 Å². The number of hydrogen-bond donors (Lipinski definition) is 4. The summed E-state index contributed by atoms with van der Waals surface area (Å²) in [5.74, 6) is 0.179. The van der Waals surface area contributed by atoms with E-state index in [2.05, 4.69) is 35.1 Å². The van der Waals surface area contributed by atoms with Crippen molar-refractivity contribution in [3.63, 3.8) is 0 Å². The number of nitrogens with one attached hydrogen (secondary N) is 4. The van der Waals surface area contributed by atoms with Crippen molar-refractivity contribution >= 4 is 12.2 Å². The second kappa shape index (κ2) is 70.0. The summed E-state index contributed by atoms with van der Waals surface area (Å²) >= 11 is 0. The smallest absolute Gasteiger partial charge is 0.356 e. The van der Waals surface area contributed by atoms with Crippen LogP contribution < -0.4 is 72.7 Å². The standard InChI is InChI=1S/C9H20N2O.C4H9NO.C4H10N.3C2H6.K/c1-3-4-8-11-9(12)6-5-7-10-2;1-5-3-2-4-6;1-3-4-5-2;3*1-2;/h10H,3-8H2,1-2H3,(H,11,12);4-5H,2-3H2,1H3;5H,1,3-4H2,2H3;3*1-2H3;/q;;-1;;;;+1. The maximum Gasteiger partial charge on any atom is 1.00 e. The minimum atomic E-state index is 0. The Hall–Kier alpha value is 0.656. The van der Waals surface area contributed by atoms with Crippen molar-refractivity contribution in [2.75, 3.05) is 47.3 Å². The van der Waals surface area contributed by atoms with Crippen LogP contribution >= 0.6 is 0 Å². The minimum absolute atomic E-state index is 0. The third kappa shape index (κ3) is 89.4. The predicted octanol–water partition coefficient (Wildman–Crippen LogP) is 1.21.